The van der Waals surface area contributed by atoms with E-state index in [0.717, 1.165) is 16.2 Å². The van der Waals surface area contributed by atoms with Crippen LogP contribution in [0.2, 0.25) is 5.02 Å². The second-order valence-corrected chi connectivity index (χ2v) is 9.39. The van der Waals surface area contributed by atoms with Crippen molar-refractivity contribution in [2.24, 2.45) is 5.10 Å². The molecule has 3 rings (SSSR count). The number of nitrogens with one attached hydrogen (secondary N) is 1. The van der Waals surface area contributed by atoms with Crippen LogP contribution in [0.25, 0.3) is 0 Å². The molecule has 6 nitrogen and oxygen atoms in total. The van der Waals surface area contributed by atoms with Gasteiger partial charge >= 0.3 is 6.03 Å². The second kappa shape index (κ2) is 8.55. The lowest BCUT2D eigenvalue weighted by molar-refractivity contribution is -0.133. The van der Waals surface area contributed by atoms with Crippen LogP contribution in [0.4, 0.5) is 4.79 Å². The summed E-state index contributed by atoms with van der Waals surface area (Å²) in [6.45, 7) is 5.61. The van der Waals surface area contributed by atoms with Gasteiger partial charge in [0.15, 0.2) is 0 Å². The van der Waals surface area contributed by atoms with Gasteiger partial charge in [-0.05, 0) is 43.8 Å². The fourth-order valence-electron chi connectivity index (χ4n) is 3.08. The third kappa shape index (κ3) is 5.16. The van der Waals surface area contributed by atoms with Gasteiger partial charge in [-0.3, -0.25) is 4.79 Å². The van der Waals surface area contributed by atoms with Crippen LogP contribution in [0, 0.1) is 0 Å². The smallest absolute Gasteiger partial charge is 0.318 e. The Balaban J connectivity index is 1.83. The molecule has 154 valence electrons. The average molecular weight is 433 g/mol. The van der Waals surface area contributed by atoms with Crippen LogP contribution in [0.1, 0.15) is 43.7 Å². The second-order valence-electron chi connectivity index (χ2n) is 8.04. The number of hydrazone groups is 1. The Bertz CT molecular complexity index is 921. The first-order chi connectivity index (χ1) is 13.7. The van der Waals surface area contributed by atoms with Crippen molar-refractivity contribution >= 4 is 40.6 Å². The number of amides is 3. The van der Waals surface area contributed by atoms with Gasteiger partial charge in [0.2, 0.25) is 0 Å². The number of thiophene rings is 1. The molecule has 0 bridgehead atoms. The largest absolute Gasteiger partial charge is 0.333 e. The maximum absolute atomic E-state index is 13.1. The van der Waals surface area contributed by atoms with Crippen LogP contribution in [0.3, 0.4) is 0 Å². The summed E-state index contributed by atoms with van der Waals surface area (Å²) in [5, 5.41) is 11.5. The van der Waals surface area contributed by atoms with Crippen LogP contribution in [0.15, 0.2) is 46.9 Å². The molecule has 29 heavy (non-hydrogen) atoms. The molecule has 1 aliphatic heterocycles. The fraction of sp³-hybridized carbons (Fsp3) is 0.381. The van der Waals surface area contributed by atoms with Gasteiger partial charge in [0.25, 0.3) is 5.91 Å². The van der Waals surface area contributed by atoms with Crippen molar-refractivity contribution in [3.8, 4) is 0 Å². The number of rotatable bonds is 4. The van der Waals surface area contributed by atoms with Gasteiger partial charge in [-0.25, -0.2) is 9.80 Å². The lowest BCUT2D eigenvalue weighted by Crippen LogP contribution is -2.49. The molecule has 8 heteroatoms. The number of halogens is 1. The van der Waals surface area contributed by atoms with Gasteiger partial charge in [-0.1, -0.05) is 35.9 Å². The Morgan fingerprint density at radius 2 is 2.00 bits per heavy atom. The highest BCUT2D eigenvalue weighted by molar-refractivity contribution is 7.12. The standard InChI is InChI=1S/C21H25ClN4O2S/c1-21(2,3)23-20(28)25(4)13-19(27)26-17(14-8-5-6-9-15(14)22)12-16(24-26)18-10-7-11-29-18/h5-11,17H,12-13H2,1-4H3,(H,23,28)/t17-/m0/s1. The molecule has 1 aromatic carbocycles. The average Bonchev–Trinajstić information content (AvgIpc) is 3.30. The summed E-state index contributed by atoms with van der Waals surface area (Å²) in [6, 6.07) is 10.8. The number of hydrogen-bond donors (Lipinski definition) is 1. The van der Waals surface area contributed by atoms with Crippen LogP contribution in [-0.2, 0) is 4.79 Å². The molecule has 0 fully saturated rings. The summed E-state index contributed by atoms with van der Waals surface area (Å²) in [5.74, 6) is -0.256. The van der Waals surface area contributed by atoms with Crippen LogP contribution in [0.5, 0.6) is 0 Å². The van der Waals surface area contributed by atoms with Crippen molar-refractivity contribution < 1.29 is 9.59 Å². The maximum atomic E-state index is 13.1. The summed E-state index contributed by atoms with van der Waals surface area (Å²) in [7, 11) is 1.60. The maximum Gasteiger partial charge on any atom is 0.318 e. The molecule has 1 atom stereocenters. The van der Waals surface area contributed by atoms with Gasteiger partial charge in [0.05, 0.1) is 16.6 Å². The van der Waals surface area contributed by atoms with E-state index in [1.165, 1.54) is 9.91 Å². The van der Waals surface area contributed by atoms with E-state index in [2.05, 4.69) is 10.4 Å². The zero-order chi connectivity index (χ0) is 21.2. The van der Waals surface area contributed by atoms with Gasteiger partial charge in [0, 0.05) is 24.0 Å². The first-order valence-corrected chi connectivity index (χ1v) is 10.6. The molecular weight excluding hydrogens is 408 g/mol. The number of likely N-dealkylation sites (N-methyl/N-ethyl adjacent to an activating group) is 1. The van der Waals surface area contributed by atoms with Gasteiger partial charge < -0.3 is 10.2 Å². The number of nitrogens with zero attached hydrogens (tertiary/aromatic N) is 3. The molecule has 1 aromatic heterocycles. The lowest BCUT2D eigenvalue weighted by atomic mass is 10.0. The monoisotopic (exact) mass is 432 g/mol. The van der Waals surface area contributed by atoms with Crippen molar-refractivity contribution in [1.82, 2.24) is 15.2 Å². The Morgan fingerprint density at radius 1 is 1.28 bits per heavy atom. The summed E-state index contributed by atoms with van der Waals surface area (Å²) < 4.78 is 0. The molecule has 2 aromatic rings. The van der Waals surface area contributed by atoms with E-state index in [-0.39, 0.29) is 30.1 Å². The molecule has 0 unspecified atom stereocenters. The Morgan fingerprint density at radius 3 is 2.62 bits per heavy atom. The van der Waals surface area contributed by atoms with Gasteiger partial charge in [-0.2, -0.15) is 5.10 Å². The summed E-state index contributed by atoms with van der Waals surface area (Å²) >= 11 is 8.00. The fourth-order valence-corrected chi connectivity index (χ4v) is 4.07. The van der Waals surface area contributed by atoms with Gasteiger partial charge in [0.1, 0.15) is 6.54 Å². The third-order valence-corrected chi connectivity index (χ3v) is 5.70. The number of benzene rings is 1. The van der Waals surface area contributed by atoms with E-state index in [1.54, 1.807) is 18.4 Å². The Hall–Kier alpha value is -2.38. The minimum Gasteiger partial charge on any atom is -0.333 e. The van der Waals surface area contributed by atoms with E-state index in [1.807, 2.05) is 62.5 Å². The van der Waals surface area contributed by atoms with Crippen LogP contribution in [-0.4, -0.2) is 46.7 Å². The summed E-state index contributed by atoms with van der Waals surface area (Å²) in [5.41, 5.74) is 1.31. The quantitative estimate of drug-likeness (QED) is 0.771. The Labute approximate surface area is 180 Å². The molecular formula is C21H25ClN4O2S. The molecule has 0 radical (unpaired) electrons. The molecule has 0 aliphatic carbocycles. The molecule has 0 spiro atoms. The van der Waals surface area contributed by atoms with E-state index < -0.39 is 0 Å². The molecule has 2 heterocycles. The summed E-state index contributed by atoms with van der Waals surface area (Å²) in [6.07, 6.45) is 0.577. The molecule has 1 aliphatic rings. The van der Waals surface area contributed by atoms with E-state index in [0.29, 0.717) is 11.4 Å². The highest BCUT2D eigenvalue weighted by Gasteiger charge is 2.35. The number of carbonyl (C=O) groups is 2. The van der Waals surface area contributed by atoms with Gasteiger partial charge in [-0.15, -0.1) is 11.3 Å². The molecule has 0 saturated carbocycles. The zero-order valence-electron chi connectivity index (χ0n) is 17.0. The zero-order valence-corrected chi connectivity index (χ0v) is 18.5. The van der Waals surface area contributed by atoms with E-state index in [4.69, 9.17) is 11.6 Å². The Kier molecular flexibility index (Phi) is 6.29. The van der Waals surface area contributed by atoms with E-state index >= 15 is 0 Å². The van der Waals surface area contributed by atoms with Crippen molar-refractivity contribution in [3.05, 3.63) is 57.2 Å². The van der Waals surface area contributed by atoms with Crippen molar-refractivity contribution in [3.63, 3.8) is 0 Å². The predicted molar refractivity (Wildman–Crippen MR) is 117 cm³/mol. The number of hydrogen-bond acceptors (Lipinski definition) is 4. The molecule has 0 saturated heterocycles. The van der Waals surface area contributed by atoms with Crippen LogP contribution < -0.4 is 5.32 Å². The highest BCUT2D eigenvalue weighted by atomic mass is 35.5. The minimum atomic E-state index is -0.382. The van der Waals surface area contributed by atoms with Crippen LogP contribution >= 0.6 is 22.9 Å². The minimum absolute atomic E-state index is 0.0793. The normalized spacial score (nSPS) is 16.5. The third-order valence-electron chi connectivity index (χ3n) is 4.44. The first kappa shape index (κ1) is 21.3. The summed E-state index contributed by atoms with van der Waals surface area (Å²) in [4.78, 5) is 27.8. The predicted octanol–water partition coefficient (Wildman–Crippen LogP) is 4.52. The number of carbonyl (C=O) groups excluding carboxylic acids is 2. The lowest BCUT2D eigenvalue weighted by Gasteiger charge is -2.28. The molecule has 3 amide bonds. The highest BCUT2D eigenvalue weighted by Crippen LogP contribution is 2.36. The van der Waals surface area contributed by atoms with Crippen molar-refractivity contribution in [2.75, 3.05) is 13.6 Å². The number of urea groups is 1. The first-order valence-electron chi connectivity index (χ1n) is 9.37. The van der Waals surface area contributed by atoms with Crippen molar-refractivity contribution in [1.29, 1.82) is 0 Å². The van der Waals surface area contributed by atoms with E-state index in [9.17, 15) is 9.59 Å². The topological polar surface area (TPSA) is 65.0 Å². The van der Waals surface area contributed by atoms with Crippen molar-refractivity contribution in [2.45, 2.75) is 38.8 Å². The molecule has 1 N–H and O–H groups in total. The SMILES string of the molecule is CN(CC(=O)N1N=C(c2cccs2)C[C@H]1c1ccccc1Cl)C(=O)NC(C)(C)C.